The van der Waals surface area contributed by atoms with Gasteiger partial charge < -0.3 is 10.2 Å². The molecule has 0 aliphatic rings. The van der Waals surface area contributed by atoms with Crippen LogP contribution in [0.25, 0.3) is 0 Å². The van der Waals surface area contributed by atoms with E-state index in [9.17, 15) is 23.5 Å². The SMILES string of the molecule is CCc1cc(C)cc(S(=O)(=O)c2cc(O)c(O)c([N+](=O)OC)c2)c1. The fourth-order valence-corrected chi connectivity index (χ4v) is 3.74. The van der Waals surface area contributed by atoms with Crippen molar-refractivity contribution in [3.63, 3.8) is 0 Å². The number of hydrogen-bond acceptors (Lipinski definition) is 6. The minimum absolute atomic E-state index is 0.0465. The summed E-state index contributed by atoms with van der Waals surface area (Å²) in [5.74, 6) is -1.49. The molecule has 24 heavy (non-hydrogen) atoms. The number of rotatable bonds is 5. The zero-order valence-corrected chi connectivity index (χ0v) is 14.3. The molecule has 0 bridgehead atoms. The Morgan fingerprint density at radius 2 is 1.71 bits per heavy atom. The first-order chi connectivity index (χ1) is 11.2. The average Bonchev–Trinajstić information content (AvgIpc) is 2.55. The standard InChI is InChI=1S/C16H17NO6S/c1-4-11-5-10(2)6-12(7-11)24(21,22)13-8-14(17(20)23-3)16(19)15(18)9-13/h5-9H,4H2,1-3H3,(H-,18,19,20)/p+1. The third-order valence-corrected chi connectivity index (χ3v) is 5.26. The van der Waals surface area contributed by atoms with E-state index in [2.05, 4.69) is 4.84 Å². The fourth-order valence-electron chi connectivity index (χ4n) is 2.29. The highest BCUT2D eigenvalue weighted by molar-refractivity contribution is 7.91. The summed E-state index contributed by atoms with van der Waals surface area (Å²) in [7, 11) is -2.94. The minimum Gasteiger partial charge on any atom is -0.504 e. The van der Waals surface area contributed by atoms with Gasteiger partial charge >= 0.3 is 5.69 Å². The zero-order chi connectivity index (χ0) is 18.1. The van der Waals surface area contributed by atoms with Crippen molar-refractivity contribution in [2.45, 2.75) is 30.1 Å². The highest BCUT2D eigenvalue weighted by Gasteiger charge is 2.30. The summed E-state index contributed by atoms with van der Waals surface area (Å²) < 4.78 is 25.7. The van der Waals surface area contributed by atoms with Crippen molar-refractivity contribution >= 4 is 15.5 Å². The van der Waals surface area contributed by atoms with Crippen molar-refractivity contribution in [3.05, 3.63) is 46.4 Å². The predicted octanol–water partition coefficient (Wildman–Crippen LogP) is 2.77. The van der Waals surface area contributed by atoms with E-state index in [1.54, 1.807) is 6.92 Å². The molecule has 2 rings (SSSR count). The van der Waals surface area contributed by atoms with Gasteiger partial charge in [0.1, 0.15) is 0 Å². The molecule has 0 atom stereocenters. The quantitative estimate of drug-likeness (QED) is 0.633. The Balaban J connectivity index is 2.68. The number of phenolic OH excluding ortho intramolecular Hbond substituents is 2. The minimum atomic E-state index is -3.99. The van der Waals surface area contributed by atoms with Crippen LogP contribution in [0.3, 0.4) is 0 Å². The molecule has 128 valence electrons. The van der Waals surface area contributed by atoms with E-state index in [1.807, 2.05) is 13.0 Å². The summed E-state index contributed by atoms with van der Waals surface area (Å²) in [5.41, 5.74) is 1.12. The van der Waals surface area contributed by atoms with Gasteiger partial charge in [0.2, 0.25) is 15.6 Å². The molecule has 0 saturated carbocycles. The van der Waals surface area contributed by atoms with E-state index < -0.39 is 27.0 Å². The number of aryl methyl sites for hydroxylation is 2. The Morgan fingerprint density at radius 3 is 2.29 bits per heavy atom. The van der Waals surface area contributed by atoms with Crippen molar-refractivity contribution in [3.8, 4) is 11.5 Å². The van der Waals surface area contributed by atoms with Crippen LogP contribution in [0.4, 0.5) is 5.69 Å². The molecule has 0 radical (unpaired) electrons. The predicted molar refractivity (Wildman–Crippen MR) is 86.1 cm³/mol. The van der Waals surface area contributed by atoms with Crippen LogP contribution in [0.5, 0.6) is 11.5 Å². The maximum atomic E-state index is 12.8. The third kappa shape index (κ3) is 3.18. The Bertz CT molecular complexity index is 905. The molecule has 8 heteroatoms. The van der Waals surface area contributed by atoms with Crippen LogP contribution in [-0.4, -0.2) is 30.7 Å². The smallest absolute Gasteiger partial charge is 0.363 e. The normalized spacial score (nSPS) is 11.3. The molecular formula is C16H18NO6S+. The van der Waals surface area contributed by atoms with Crippen molar-refractivity contribution in [2.24, 2.45) is 0 Å². The molecule has 0 spiro atoms. The number of benzene rings is 2. The van der Waals surface area contributed by atoms with Crippen molar-refractivity contribution < 1.29 is 28.4 Å². The molecule has 0 aliphatic heterocycles. The van der Waals surface area contributed by atoms with E-state index in [4.69, 9.17) is 0 Å². The Morgan fingerprint density at radius 1 is 1.08 bits per heavy atom. The lowest BCUT2D eigenvalue weighted by atomic mass is 10.1. The molecular weight excluding hydrogens is 334 g/mol. The van der Waals surface area contributed by atoms with Gasteiger partial charge in [0.15, 0.2) is 12.9 Å². The first kappa shape index (κ1) is 17.7. The Kier molecular flexibility index (Phi) is 4.79. The zero-order valence-electron chi connectivity index (χ0n) is 13.5. The molecule has 7 nitrogen and oxygen atoms in total. The van der Waals surface area contributed by atoms with Gasteiger partial charge in [0.25, 0.3) is 4.92 Å². The highest BCUT2D eigenvalue weighted by atomic mass is 32.2. The number of aromatic hydroxyl groups is 2. The lowest BCUT2D eigenvalue weighted by Gasteiger charge is -2.09. The molecule has 0 aliphatic carbocycles. The van der Waals surface area contributed by atoms with Crippen molar-refractivity contribution in [1.82, 2.24) is 0 Å². The fraction of sp³-hybridized carbons (Fsp3) is 0.250. The lowest BCUT2D eigenvalue weighted by molar-refractivity contribution is -0.737. The van der Waals surface area contributed by atoms with Gasteiger partial charge in [-0.1, -0.05) is 13.0 Å². The van der Waals surface area contributed by atoms with Crippen LogP contribution in [0.1, 0.15) is 18.1 Å². The molecule has 0 unspecified atom stereocenters. The van der Waals surface area contributed by atoms with Crippen LogP contribution in [-0.2, 0) is 21.1 Å². The Labute approximate surface area is 139 Å². The summed E-state index contributed by atoms with van der Waals surface area (Å²) in [5, 5.41) is 19.5. The van der Waals surface area contributed by atoms with E-state index in [0.29, 0.717) is 6.42 Å². The molecule has 0 saturated heterocycles. The molecule has 2 aromatic rings. The van der Waals surface area contributed by atoms with Crippen LogP contribution >= 0.6 is 0 Å². The number of sulfone groups is 1. The van der Waals surface area contributed by atoms with Crippen LogP contribution in [0.2, 0.25) is 0 Å². The van der Waals surface area contributed by atoms with Gasteiger partial charge in [0.05, 0.1) is 14.7 Å². The summed E-state index contributed by atoms with van der Waals surface area (Å²) in [4.78, 5) is 15.6. The monoisotopic (exact) mass is 352 g/mol. The first-order valence-electron chi connectivity index (χ1n) is 7.13. The van der Waals surface area contributed by atoms with E-state index >= 15 is 0 Å². The second-order valence-electron chi connectivity index (χ2n) is 5.26. The molecule has 0 fully saturated rings. The Hall–Kier alpha value is -2.61. The van der Waals surface area contributed by atoms with Gasteiger partial charge in [-0.15, -0.1) is 0 Å². The number of nitrogens with zero attached hydrogens (tertiary/aromatic N) is 1. The summed E-state index contributed by atoms with van der Waals surface area (Å²) in [6.45, 7) is 3.69. The maximum absolute atomic E-state index is 12.8. The van der Waals surface area contributed by atoms with Gasteiger partial charge in [-0.25, -0.2) is 13.3 Å². The van der Waals surface area contributed by atoms with E-state index in [0.717, 1.165) is 30.4 Å². The van der Waals surface area contributed by atoms with E-state index in [1.165, 1.54) is 12.1 Å². The van der Waals surface area contributed by atoms with Crippen LogP contribution < -0.4 is 0 Å². The van der Waals surface area contributed by atoms with Gasteiger partial charge in [-0.2, -0.15) is 0 Å². The van der Waals surface area contributed by atoms with Crippen molar-refractivity contribution in [2.75, 3.05) is 7.11 Å². The summed E-state index contributed by atoms with van der Waals surface area (Å²) in [6, 6.07) is 6.77. The number of phenols is 2. The second-order valence-corrected chi connectivity index (χ2v) is 7.21. The average molecular weight is 352 g/mol. The largest absolute Gasteiger partial charge is 0.504 e. The second kappa shape index (κ2) is 6.48. The highest BCUT2D eigenvalue weighted by Crippen LogP contribution is 2.39. The topological polar surface area (TPSA) is 104 Å². The van der Waals surface area contributed by atoms with Crippen molar-refractivity contribution in [1.29, 1.82) is 0 Å². The van der Waals surface area contributed by atoms with Gasteiger partial charge in [-0.05, 0) is 36.6 Å². The van der Waals surface area contributed by atoms with Crippen LogP contribution in [0, 0.1) is 11.8 Å². The molecule has 0 heterocycles. The first-order valence-corrected chi connectivity index (χ1v) is 8.62. The van der Waals surface area contributed by atoms with Gasteiger partial charge in [-0.3, -0.25) is 0 Å². The van der Waals surface area contributed by atoms with Gasteiger partial charge in [0, 0.05) is 12.1 Å². The third-order valence-electron chi connectivity index (χ3n) is 3.55. The van der Waals surface area contributed by atoms with E-state index in [-0.39, 0.29) is 14.7 Å². The number of hydrogen-bond donors (Lipinski definition) is 2. The molecule has 2 N–H and O–H groups in total. The summed E-state index contributed by atoms with van der Waals surface area (Å²) in [6.07, 6.45) is 0.661. The summed E-state index contributed by atoms with van der Waals surface area (Å²) >= 11 is 0. The molecule has 2 aromatic carbocycles. The lowest BCUT2D eigenvalue weighted by Crippen LogP contribution is -2.05. The van der Waals surface area contributed by atoms with Crippen LogP contribution in [0.15, 0.2) is 40.1 Å². The maximum Gasteiger partial charge on any atom is 0.363 e. The molecule has 0 amide bonds. The molecule has 0 aromatic heterocycles.